The lowest BCUT2D eigenvalue weighted by Gasteiger charge is -2.09. The Labute approximate surface area is 110 Å². The number of nitrogens with one attached hydrogen (secondary N) is 1. The van der Waals surface area contributed by atoms with E-state index in [-0.39, 0.29) is 0 Å². The number of alkyl halides is 3. The lowest BCUT2D eigenvalue weighted by atomic mass is 10.3. The van der Waals surface area contributed by atoms with Crippen LogP contribution < -0.4 is 9.62 Å². The summed E-state index contributed by atoms with van der Waals surface area (Å²) in [4.78, 5) is 15.4. The minimum absolute atomic E-state index is 0.419. The molecule has 0 spiro atoms. The Morgan fingerprint density at radius 2 is 1.80 bits per heavy atom. The number of rotatable bonds is 6. The van der Waals surface area contributed by atoms with Crippen LogP contribution in [0, 0.1) is 0 Å². The van der Waals surface area contributed by atoms with E-state index in [4.69, 9.17) is 5.11 Å². The fourth-order valence-electron chi connectivity index (χ4n) is 1.04. The number of ether oxygens (including phenoxy) is 1. The molecular formula is C9H8F3NO6S. The first-order chi connectivity index (χ1) is 9.10. The summed E-state index contributed by atoms with van der Waals surface area (Å²) < 4.78 is 62.3. The van der Waals surface area contributed by atoms with Crippen molar-refractivity contribution in [3.63, 3.8) is 0 Å². The van der Waals surface area contributed by atoms with Crippen LogP contribution in [0.2, 0.25) is 0 Å². The van der Waals surface area contributed by atoms with E-state index in [1.54, 1.807) is 0 Å². The van der Waals surface area contributed by atoms with E-state index in [1.165, 1.54) is 4.89 Å². The van der Waals surface area contributed by atoms with Crippen LogP contribution in [-0.4, -0.2) is 32.5 Å². The van der Waals surface area contributed by atoms with Crippen LogP contribution in [0.1, 0.15) is 0 Å². The number of halogens is 3. The number of hydrogen-bond donors (Lipinski definition) is 2. The van der Waals surface area contributed by atoms with Gasteiger partial charge in [-0.2, -0.15) is 0 Å². The molecule has 0 amide bonds. The van der Waals surface area contributed by atoms with Crippen LogP contribution in [0.3, 0.4) is 0 Å². The number of aliphatic carboxylic acids is 1. The normalized spacial score (nSPS) is 12.2. The van der Waals surface area contributed by atoms with Crippen molar-refractivity contribution in [3.8, 4) is 5.75 Å². The van der Waals surface area contributed by atoms with E-state index in [0.717, 1.165) is 24.3 Å². The third-order valence-electron chi connectivity index (χ3n) is 1.73. The summed E-state index contributed by atoms with van der Waals surface area (Å²) >= 11 is 0. The highest BCUT2D eigenvalue weighted by molar-refractivity contribution is 7.89. The first kappa shape index (κ1) is 16.2. The second-order valence-electron chi connectivity index (χ2n) is 3.29. The summed E-state index contributed by atoms with van der Waals surface area (Å²) in [6, 6.07) is 3.26. The fraction of sp³-hybridized carbons (Fsp3) is 0.222. The molecule has 7 nitrogen and oxygen atoms in total. The number of benzene rings is 1. The highest BCUT2D eigenvalue weighted by Gasteiger charge is 2.31. The summed E-state index contributed by atoms with van der Waals surface area (Å²) in [7, 11) is -4.19. The van der Waals surface area contributed by atoms with Crippen molar-refractivity contribution in [2.24, 2.45) is 0 Å². The minimum atomic E-state index is -4.89. The van der Waals surface area contributed by atoms with E-state index in [2.05, 4.69) is 9.57 Å². The van der Waals surface area contributed by atoms with Crippen LogP contribution >= 0.6 is 0 Å². The van der Waals surface area contributed by atoms with Gasteiger partial charge in [0.25, 0.3) is 10.0 Å². The Kier molecular flexibility index (Phi) is 4.92. The second-order valence-corrected chi connectivity index (χ2v) is 4.93. The smallest absolute Gasteiger partial charge is 0.479 e. The highest BCUT2D eigenvalue weighted by atomic mass is 32.2. The van der Waals surface area contributed by atoms with Gasteiger partial charge in [0.2, 0.25) is 0 Å². The van der Waals surface area contributed by atoms with E-state index in [0.29, 0.717) is 0 Å². The number of carboxylic acids is 1. The Bertz CT molecular complexity index is 568. The van der Waals surface area contributed by atoms with E-state index >= 15 is 0 Å². The van der Waals surface area contributed by atoms with Crippen LogP contribution in [0.4, 0.5) is 13.2 Å². The molecular weight excluding hydrogens is 307 g/mol. The van der Waals surface area contributed by atoms with Crippen molar-refractivity contribution in [1.82, 2.24) is 4.89 Å². The van der Waals surface area contributed by atoms with Crippen molar-refractivity contribution in [3.05, 3.63) is 24.3 Å². The van der Waals surface area contributed by atoms with Gasteiger partial charge in [-0.15, -0.1) is 13.2 Å². The molecule has 0 aromatic heterocycles. The molecule has 0 aliphatic rings. The topological polar surface area (TPSA) is 102 Å². The fourth-order valence-corrected chi connectivity index (χ4v) is 1.84. The van der Waals surface area contributed by atoms with Gasteiger partial charge in [-0.05, 0) is 24.3 Å². The molecule has 0 aliphatic heterocycles. The van der Waals surface area contributed by atoms with E-state index in [9.17, 15) is 26.4 Å². The summed E-state index contributed by atoms with van der Waals surface area (Å²) in [5.41, 5.74) is 0. The van der Waals surface area contributed by atoms with Crippen LogP contribution in [0.15, 0.2) is 29.2 Å². The molecule has 0 bridgehead atoms. The van der Waals surface area contributed by atoms with E-state index < -0.39 is 39.6 Å². The maximum atomic E-state index is 11.9. The molecule has 0 fully saturated rings. The average molecular weight is 315 g/mol. The summed E-state index contributed by atoms with van der Waals surface area (Å²) in [6.45, 7) is -0.908. The molecule has 112 valence electrons. The molecule has 0 heterocycles. The van der Waals surface area contributed by atoms with Crippen LogP contribution in [-0.2, 0) is 19.7 Å². The zero-order valence-electron chi connectivity index (χ0n) is 9.55. The third-order valence-corrected chi connectivity index (χ3v) is 2.96. The van der Waals surface area contributed by atoms with Gasteiger partial charge in [0, 0.05) is 0 Å². The number of sulfonamides is 1. The number of carboxylic acid groups (broad SMARTS) is 1. The predicted molar refractivity (Wildman–Crippen MR) is 57.0 cm³/mol. The third kappa shape index (κ3) is 5.42. The Balaban J connectivity index is 2.74. The standard InChI is InChI=1S/C9H8F3NO6S/c10-9(11,12)19-6-1-3-7(4-2-6)20(16,17)13-18-5-8(14)15/h1-4,13H,5H2,(H,14,15). The molecule has 0 saturated heterocycles. The molecule has 0 atom stereocenters. The van der Waals surface area contributed by atoms with Gasteiger partial charge < -0.3 is 9.84 Å². The van der Waals surface area contributed by atoms with Gasteiger partial charge in [-0.3, -0.25) is 4.84 Å². The van der Waals surface area contributed by atoms with Gasteiger partial charge in [0.1, 0.15) is 5.75 Å². The zero-order chi connectivity index (χ0) is 15.4. The van der Waals surface area contributed by atoms with Gasteiger partial charge in [0.05, 0.1) is 4.90 Å². The lowest BCUT2D eigenvalue weighted by molar-refractivity contribution is -0.274. The monoisotopic (exact) mass is 315 g/mol. The molecule has 20 heavy (non-hydrogen) atoms. The van der Waals surface area contributed by atoms with Gasteiger partial charge in [0.15, 0.2) is 6.61 Å². The first-order valence-electron chi connectivity index (χ1n) is 4.81. The Morgan fingerprint density at radius 1 is 1.25 bits per heavy atom. The highest BCUT2D eigenvalue weighted by Crippen LogP contribution is 2.23. The quantitative estimate of drug-likeness (QED) is 0.756. The largest absolute Gasteiger partial charge is 0.573 e. The van der Waals surface area contributed by atoms with Gasteiger partial charge >= 0.3 is 12.3 Å². The Morgan fingerprint density at radius 3 is 2.25 bits per heavy atom. The average Bonchev–Trinajstić information content (AvgIpc) is 2.26. The lowest BCUT2D eigenvalue weighted by Crippen LogP contribution is -2.26. The molecule has 1 aromatic carbocycles. The number of hydrogen-bond acceptors (Lipinski definition) is 5. The molecule has 11 heteroatoms. The van der Waals surface area contributed by atoms with E-state index in [1.807, 2.05) is 0 Å². The molecule has 0 aliphatic carbocycles. The molecule has 0 unspecified atom stereocenters. The maximum Gasteiger partial charge on any atom is 0.573 e. The molecule has 1 rings (SSSR count). The van der Waals surface area contributed by atoms with Crippen molar-refractivity contribution in [2.75, 3.05) is 6.61 Å². The molecule has 0 saturated carbocycles. The van der Waals surface area contributed by atoms with Crippen molar-refractivity contribution in [1.29, 1.82) is 0 Å². The van der Waals surface area contributed by atoms with Crippen LogP contribution in [0.5, 0.6) is 5.75 Å². The van der Waals surface area contributed by atoms with Crippen molar-refractivity contribution < 1.29 is 41.1 Å². The SMILES string of the molecule is O=C(O)CONS(=O)(=O)c1ccc(OC(F)(F)F)cc1. The maximum absolute atomic E-state index is 11.9. The molecule has 2 N–H and O–H groups in total. The van der Waals surface area contributed by atoms with Crippen molar-refractivity contribution in [2.45, 2.75) is 11.3 Å². The summed E-state index contributed by atoms with van der Waals surface area (Å²) in [6.07, 6.45) is -4.89. The number of carbonyl (C=O) groups is 1. The first-order valence-corrected chi connectivity index (χ1v) is 6.30. The summed E-state index contributed by atoms with van der Waals surface area (Å²) in [5, 5.41) is 8.24. The second kappa shape index (κ2) is 6.07. The van der Waals surface area contributed by atoms with Gasteiger partial charge in [-0.1, -0.05) is 4.89 Å². The minimum Gasteiger partial charge on any atom is -0.479 e. The van der Waals surface area contributed by atoms with Gasteiger partial charge in [-0.25, -0.2) is 13.2 Å². The zero-order valence-corrected chi connectivity index (χ0v) is 10.4. The Hall–Kier alpha value is -1.85. The van der Waals surface area contributed by atoms with Crippen LogP contribution in [0.25, 0.3) is 0 Å². The summed E-state index contributed by atoms with van der Waals surface area (Å²) in [5.74, 6) is -2.00. The predicted octanol–water partition coefficient (Wildman–Crippen LogP) is 0.880. The molecule has 0 radical (unpaired) electrons. The van der Waals surface area contributed by atoms with Crippen molar-refractivity contribution >= 4 is 16.0 Å². The molecule has 1 aromatic rings.